The molecule has 46 valence electrons. The van der Waals surface area contributed by atoms with Crippen molar-refractivity contribution in [2.24, 2.45) is 0 Å². The predicted octanol–water partition coefficient (Wildman–Crippen LogP) is 1.18. The first-order chi connectivity index (χ1) is 3.89. The average molecular weight is 129 g/mol. The van der Waals surface area contributed by atoms with Crippen molar-refractivity contribution >= 4 is 12.6 Å². The first-order valence-corrected chi connectivity index (χ1v) is 3.47. The Morgan fingerprint density at radius 3 is 3.25 bits per heavy atom. The third kappa shape index (κ3) is 1.88. The number of thiol groups is 1. The van der Waals surface area contributed by atoms with Gasteiger partial charge in [-0.2, -0.15) is 12.6 Å². The van der Waals surface area contributed by atoms with Crippen LogP contribution in [0.3, 0.4) is 0 Å². The molecular formula is C6H11NS. The van der Waals surface area contributed by atoms with Crippen LogP contribution in [0, 0.1) is 0 Å². The van der Waals surface area contributed by atoms with Gasteiger partial charge in [0.2, 0.25) is 0 Å². The van der Waals surface area contributed by atoms with E-state index in [9.17, 15) is 0 Å². The van der Waals surface area contributed by atoms with Gasteiger partial charge in [-0.15, -0.1) is 0 Å². The highest BCUT2D eigenvalue weighted by Gasteiger charge is 2.00. The maximum atomic E-state index is 4.28. The Bertz CT molecular complexity index is 80.5. The van der Waals surface area contributed by atoms with Crippen molar-refractivity contribution < 1.29 is 0 Å². The Labute approximate surface area is 55.6 Å². The molecule has 0 saturated carbocycles. The summed E-state index contributed by atoms with van der Waals surface area (Å²) in [7, 11) is 0. The largest absolute Gasteiger partial charge is 0.302 e. The van der Waals surface area contributed by atoms with Gasteiger partial charge >= 0.3 is 0 Å². The molecule has 1 atom stereocenters. The van der Waals surface area contributed by atoms with Crippen LogP contribution in [0.25, 0.3) is 0 Å². The quantitative estimate of drug-likeness (QED) is 0.370. The maximum absolute atomic E-state index is 4.28. The van der Waals surface area contributed by atoms with E-state index in [1.807, 2.05) is 0 Å². The lowest BCUT2D eigenvalue weighted by atomic mass is 10.3. The predicted molar refractivity (Wildman–Crippen MR) is 39.2 cm³/mol. The van der Waals surface area contributed by atoms with E-state index >= 15 is 0 Å². The molecule has 1 aliphatic heterocycles. The van der Waals surface area contributed by atoms with Crippen molar-refractivity contribution in [3.8, 4) is 0 Å². The molecule has 0 bridgehead atoms. The van der Waals surface area contributed by atoms with E-state index in [1.165, 1.54) is 6.42 Å². The Kier molecular flexibility index (Phi) is 2.43. The van der Waals surface area contributed by atoms with Gasteiger partial charge < -0.3 is 5.32 Å². The van der Waals surface area contributed by atoms with E-state index in [1.54, 1.807) is 0 Å². The minimum atomic E-state index is 0.407. The van der Waals surface area contributed by atoms with Gasteiger partial charge in [-0.25, -0.2) is 0 Å². The summed E-state index contributed by atoms with van der Waals surface area (Å²) in [6.45, 7) is 0.980. The zero-order valence-corrected chi connectivity index (χ0v) is 5.70. The zero-order chi connectivity index (χ0) is 5.82. The second kappa shape index (κ2) is 3.15. The molecule has 0 saturated heterocycles. The van der Waals surface area contributed by atoms with Crippen molar-refractivity contribution in [2.75, 3.05) is 6.54 Å². The number of hydrogen-bond donors (Lipinski definition) is 2. The van der Waals surface area contributed by atoms with Gasteiger partial charge in [0.1, 0.15) is 0 Å². The Morgan fingerprint density at radius 1 is 1.50 bits per heavy atom. The number of allylic oxidation sites excluding steroid dienone is 1. The topological polar surface area (TPSA) is 12.0 Å². The van der Waals surface area contributed by atoms with Gasteiger partial charge in [0.15, 0.2) is 0 Å². The van der Waals surface area contributed by atoms with Crippen molar-refractivity contribution in [3.63, 3.8) is 0 Å². The molecule has 1 nitrogen and oxygen atoms in total. The molecule has 2 heteroatoms. The third-order valence-corrected chi connectivity index (χ3v) is 1.69. The Balaban J connectivity index is 2.28. The van der Waals surface area contributed by atoms with Crippen LogP contribution in [-0.4, -0.2) is 11.9 Å². The average Bonchev–Trinajstić information content (AvgIpc) is 1.94. The van der Waals surface area contributed by atoms with Gasteiger partial charge in [0.25, 0.3) is 0 Å². The van der Waals surface area contributed by atoms with Crippen molar-refractivity contribution in [2.45, 2.75) is 18.2 Å². The van der Waals surface area contributed by atoms with Crippen LogP contribution in [0.5, 0.6) is 0 Å². The lowest BCUT2D eigenvalue weighted by Crippen LogP contribution is -2.21. The smallest absolute Gasteiger partial charge is 0.0507 e. The standard InChI is InChI=1S/C6H11NS/c8-6-4-2-1-3-5-7-6/h1,3,6-8H,2,4-5H2. The normalized spacial score (nSPS) is 29.9. The molecule has 1 unspecified atom stereocenters. The first kappa shape index (κ1) is 6.17. The molecule has 1 heterocycles. The molecule has 8 heavy (non-hydrogen) atoms. The van der Waals surface area contributed by atoms with Crippen molar-refractivity contribution in [3.05, 3.63) is 12.2 Å². The van der Waals surface area contributed by atoms with Crippen LogP contribution in [0.4, 0.5) is 0 Å². The van der Waals surface area contributed by atoms with E-state index in [0.29, 0.717) is 5.37 Å². The molecule has 0 fully saturated rings. The lowest BCUT2D eigenvalue weighted by Gasteiger charge is -2.05. The van der Waals surface area contributed by atoms with Gasteiger partial charge in [-0.3, -0.25) is 0 Å². The van der Waals surface area contributed by atoms with E-state index in [2.05, 4.69) is 30.1 Å². The Morgan fingerprint density at radius 2 is 2.38 bits per heavy atom. The summed E-state index contributed by atoms with van der Waals surface area (Å²) in [5.41, 5.74) is 0. The minimum absolute atomic E-state index is 0.407. The van der Waals surface area contributed by atoms with Gasteiger partial charge in [-0.05, 0) is 12.8 Å². The highest BCUT2D eigenvalue weighted by atomic mass is 32.1. The molecule has 1 rings (SSSR count). The van der Waals surface area contributed by atoms with E-state index in [0.717, 1.165) is 13.0 Å². The summed E-state index contributed by atoms with van der Waals surface area (Å²) in [6, 6.07) is 0. The van der Waals surface area contributed by atoms with Crippen molar-refractivity contribution in [1.82, 2.24) is 5.32 Å². The summed E-state index contributed by atoms with van der Waals surface area (Å²) >= 11 is 4.28. The second-order valence-electron chi connectivity index (χ2n) is 1.97. The van der Waals surface area contributed by atoms with Crippen LogP contribution in [-0.2, 0) is 0 Å². The summed E-state index contributed by atoms with van der Waals surface area (Å²) in [4.78, 5) is 0. The number of hydrogen-bond acceptors (Lipinski definition) is 2. The van der Waals surface area contributed by atoms with Crippen LogP contribution in [0.2, 0.25) is 0 Å². The number of nitrogens with one attached hydrogen (secondary N) is 1. The lowest BCUT2D eigenvalue weighted by molar-refractivity contribution is 0.676. The summed E-state index contributed by atoms with van der Waals surface area (Å²) < 4.78 is 0. The van der Waals surface area contributed by atoms with Gasteiger partial charge in [0, 0.05) is 6.54 Å². The molecular weight excluding hydrogens is 118 g/mol. The molecule has 0 aliphatic carbocycles. The zero-order valence-electron chi connectivity index (χ0n) is 4.80. The molecule has 1 aliphatic rings. The molecule has 0 radical (unpaired) electrons. The molecule has 0 amide bonds. The van der Waals surface area contributed by atoms with Crippen LogP contribution >= 0.6 is 12.6 Å². The van der Waals surface area contributed by atoms with E-state index < -0.39 is 0 Å². The first-order valence-electron chi connectivity index (χ1n) is 2.96. The molecule has 1 N–H and O–H groups in total. The van der Waals surface area contributed by atoms with Crippen LogP contribution in [0.1, 0.15) is 12.8 Å². The number of rotatable bonds is 0. The van der Waals surface area contributed by atoms with E-state index in [-0.39, 0.29) is 0 Å². The van der Waals surface area contributed by atoms with Gasteiger partial charge in [0.05, 0.1) is 5.37 Å². The fraction of sp³-hybridized carbons (Fsp3) is 0.667. The molecule has 0 aromatic heterocycles. The molecule has 0 spiro atoms. The SMILES string of the molecule is SC1CCC=CCN1. The fourth-order valence-corrected chi connectivity index (χ4v) is 1.02. The second-order valence-corrected chi connectivity index (χ2v) is 2.60. The summed E-state index contributed by atoms with van der Waals surface area (Å²) in [6.07, 6.45) is 6.67. The highest BCUT2D eigenvalue weighted by molar-refractivity contribution is 7.80. The molecule has 0 aromatic carbocycles. The Hall–Kier alpha value is 0.0500. The summed E-state index contributed by atoms with van der Waals surface area (Å²) in [5, 5.41) is 3.63. The fourth-order valence-electron chi connectivity index (χ4n) is 0.761. The molecule has 0 aromatic rings. The van der Waals surface area contributed by atoms with Crippen LogP contribution in [0.15, 0.2) is 12.2 Å². The van der Waals surface area contributed by atoms with E-state index in [4.69, 9.17) is 0 Å². The van der Waals surface area contributed by atoms with Crippen LogP contribution < -0.4 is 5.32 Å². The monoisotopic (exact) mass is 129 g/mol. The van der Waals surface area contributed by atoms with Crippen molar-refractivity contribution in [1.29, 1.82) is 0 Å². The third-order valence-electron chi connectivity index (χ3n) is 1.24. The maximum Gasteiger partial charge on any atom is 0.0507 e. The minimum Gasteiger partial charge on any atom is -0.302 e. The summed E-state index contributed by atoms with van der Waals surface area (Å²) in [5.74, 6) is 0. The van der Waals surface area contributed by atoms with Gasteiger partial charge in [-0.1, -0.05) is 12.2 Å². The highest BCUT2D eigenvalue weighted by Crippen LogP contribution is 2.04.